The Kier molecular flexibility index (Phi) is 2.86. The summed E-state index contributed by atoms with van der Waals surface area (Å²) in [5.41, 5.74) is -1.07. The fourth-order valence-electron chi connectivity index (χ4n) is 2.16. The van der Waals surface area contributed by atoms with E-state index in [1.807, 2.05) is 0 Å². The fraction of sp³-hybridized carbons (Fsp3) is 0.308. The van der Waals surface area contributed by atoms with Gasteiger partial charge in [-0.3, -0.25) is 4.79 Å². The molecule has 0 bridgehead atoms. The molecule has 1 aromatic rings. The number of benzene rings is 1. The van der Waals surface area contributed by atoms with Crippen molar-refractivity contribution in [3.8, 4) is 0 Å². The molecule has 0 aromatic heterocycles. The molecule has 1 N–H and O–H groups in total. The van der Waals surface area contributed by atoms with Crippen molar-refractivity contribution in [3.63, 3.8) is 0 Å². The highest BCUT2D eigenvalue weighted by molar-refractivity contribution is 6.06. The normalized spacial score (nSPS) is 22.0. The second kappa shape index (κ2) is 4.10. The lowest BCUT2D eigenvalue weighted by atomic mass is 9.91. The monoisotopic (exact) mass is 251 g/mol. The van der Waals surface area contributed by atoms with E-state index in [4.69, 9.17) is 4.74 Å². The maximum absolute atomic E-state index is 13.3. The second-order valence-electron chi connectivity index (χ2n) is 4.31. The predicted octanol–water partition coefficient (Wildman–Crippen LogP) is 1.54. The van der Waals surface area contributed by atoms with Crippen LogP contribution in [0.25, 0.3) is 0 Å². The maximum Gasteiger partial charge on any atom is 0.263 e. The molecule has 0 saturated heterocycles. The van der Waals surface area contributed by atoms with Gasteiger partial charge in [-0.2, -0.15) is 0 Å². The van der Waals surface area contributed by atoms with Crippen molar-refractivity contribution in [1.82, 2.24) is 0 Å². The Labute approximate surface area is 104 Å². The minimum absolute atomic E-state index is 0.0941. The van der Waals surface area contributed by atoms with Gasteiger partial charge in [0, 0.05) is 19.0 Å². The number of hydrogen-bond donors (Lipinski definition) is 1. The minimum Gasteiger partial charge on any atom is -0.502 e. The van der Waals surface area contributed by atoms with E-state index in [1.165, 1.54) is 37.3 Å². The molecular formula is C13H14FNO3. The summed E-state index contributed by atoms with van der Waals surface area (Å²) in [6, 6.07) is 3.88. The highest BCUT2D eigenvalue weighted by Gasteiger charge is 2.49. The summed E-state index contributed by atoms with van der Waals surface area (Å²) >= 11 is 0. The Morgan fingerprint density at radius 1 is 1.61 bits per heavy atom. The molecule has 0 saturated carbocycles. The first-order chi connectivity index (χ1) is 8.40. The van der Waals surface area contributed by atoms with Crippen molar-refractivity contribution < 1.29 is 19.0 Å². The molecule has 0 unspecified atom stereocenters. The third-order valence-corrected chi connectivity index (χ3v) is 3.17. The van der Waals surface area contributed by atoms with Gasteiger partial charge >= 0.3 is 0 Å². The Hall–Kier alpha value is -1.88. The van der Waals surface area contributed by atoms with Crippen LogP contribution in [0.5, 0.6) is 0 Å². The molecule has 0 radical (unpaired) electrons. The third kappa shape index (κ3) is 1.67. The van der Waals surface area contributed by atoms with Crippen LogP contribution >= 0.6 is 0 Å². The molecule has 0 spiro atoms. The van der Waals surface area contributed by atoms with Crippen LogP contribution in [-0.2, 0) is 15.1 Å². The van der Waals surface area contributed by atoms with Crippen LogP contribution in [0.1, 0.15) is 12.0 Å². The number of rotatable bonds is 3. The van der Waals surface area contributed by atoms with Gasteiger partial charge in [-0.05, 0) is 18.2 Å². The number of amides is 1. The van der Waals surface area contributed by atoms with E-state index < -0.39 is 17.3 Å². The molecule has 1 aromatic carbocycles. The molecule has 1 heterocycles. The molecule has 18 heavy (non-hydrogen) atoms. The van der Waals surface area contributed by atoms with Crippen LogP contribution in [0.4, 0.5) is 10.1 Å². The summed E-state index contributed by atoms with van der Waals surface area (Å²) in [6.07, 6.45) is -0.0941. The van der Waals surface area contributed by atoms with Crippen LogP contribution in [-0.4, -0.2) is 25.2 Å². The molecule has 0 aliphatic carbocycles. The van der Waals surface area contributed by atoms with Crippen molar-refractivity contribution >= 4 is 11.6 Å². The molecule has 2 rings (SSSR count). The number of anilines is 1. The van der Waals surface area contributed by atoms with E-state index in [0.717, 1.165) is 0 Å². The summed E-state index contributed by atoms with van der Waals surface area (Å²) in [7, 11) is 2.94. The maximum atomic E-state index is 13.3. The largest absolute Gasteiger partial charge is 0.502 e. The zero-order valence-corrected chi connectivity index (χ0v) is 10.2. The van der Waals surface area contributed by atoms with Crippen LogP contribution in [0, 0.1) is 5.82 Å². The highest BCUT2D eigenvalue weighted by Crippen LogP contribution is 2.43. The van der Waals surface area contributed by atoms with E-state index >= 15 is 0 Å². The lowest BCUT2D eigenvalue weighted by molar-refractivity contribution is -0.136. The third-order valence-electron chi connectivity index (χ3n) is 3.17. The van der Waals surface area contributed by atoms with Crippen LogP contribution in [0.15, 0.2) is 30.5 Å². The van der Waals surface area contributed by atoms with Gasteiger partial charge in [0.15, 0.2) is 5.60 Å². The Balaban J connectivity index is 2.53. The molecule has 96 valence electrons. The molecule has 0 fully saturated rings. The van der Waals surface area contributed by atoms with Crippen LogP contribution in [0.3, 0.4) is 0 Å². The Morgan fingerprint density at radius 2 is 2.28 bits per heavy atom. The first kappa shape index (κ1) is 12.6. The number of halogens is 1. The number of aliphatic hydroxyl groups is 1. The minimum atomic E-state index is -1.81. The molecule has 5 heteroatoms. The van der Waals surface area contributed by atoms with Gasteiger partial charge in [0.25, 0.3) is 5.91 Å². The summed E-state index contributed by atoms with van der Waals surface area (Å²) in [5, 5.41) is 10.5. The number of hydrogen-bond acceptors (Lipinski definition) is 3. The number of carbonyl (C=O) groups is 1. The van der Waals surface area contributed by atoms with Gasteiger partial charge < -0.3 is 14.7 Å². The SMILES string of the molecule is C=C(C[C@]1(O)C(=O)N(C)c2ccc(F)cc21)OC. The lowest BCUT2D eigenvalue weighted by Crippen LogP contribution is -2.38. The standard InChI is InChI=1S/C13H14FNO3/c1-8(18-3)7-13(17)10-6-9(14)4-5-11(10)15(2)12(13)16/h4-6,17H,1,7H2,2-3H3/t13-/m1/s1. The second-order valence-corrected chi connectivity index (χ2v) is 4.31. The number of nitrogens with zero attached hydrogens (tertiary/aromatic N) is 1. The lowest BCUT2D eigenvalue weighted by Gasteiger charge is -2.22. The quantitative estimate of drug-likeness (QED) is 0.829. The fourth-order valence-corrected chi connectivity index (χ4v) is 2.16. The van der Waals surface area contributed by atoms with Gasteiger partial charge in [0.1, 0.15) is 5.82 Å². The molecule has 4 nitrogen and oxygen atoms in total. The van der Waals surface area contributed by atoms with E-state index in [-0.39, 0.29) is 17.7 Å². The molecule has 1 aliphatic rings. The Morgan fingerprint density at radius 3 is 2.89 bits per heavy atom. The average Bonchev–Trinajstić information content (AvgIpc) is 2.52. The average molecular weight is 251 g/mol. The smallest absolute Gasteiger partial charge is 0.263 e. The van der Waals surface area contributed by atoms with Crippen molar-refractivity contribution in [1.29, 1.82) is 0 Å². The zero-order chi connectivity index (χ0) is 13.5. The molecular weight excluding hydrogens is 237 g/mol. The summed E-state index contributed by atoms with van der Waals surface area (Å²) in [6.45, 7) is 3.59. The number of fused-ring (bicyclic) bond motifs is 1. The van der Waals surface area contributed by atoms with E-state index in [0.29, 0.717) is 5.69 Å². The van der Waals surface area contributed by atoms with Crippen molar-refractivity contribution in [2.24, 2.45) is 0 Å². The van der Waals surface area contributed by atoms with E-state index in [2.05, 4.69) is 6.58 Å². The first-order valence-corrected chi connectivity index (χ1v) is 5.42. The molecule has 1 aliphatic heterocycles. The highest BCUT2D eigenvalue weighted by atomic mass is 19.1. The number of likely N-dealkylation sites (N-methyl/N-ethyl adjacent to an activating group) is 1. The van der Waals surface area contributed by atoms with Gasteiger partial charge in [-0.15, -0.1) is 0 Å². The summed E-state index contributed by atoms with van der Waals surface area (Å²) in [5.74, 6) is -0.754. The summed E-state index contributed by atoms with van der Waals surface area (Å²) < 4.78 is 18.2. The number of ether oxygens (including phenoxy) is 1. The van der Waals surface area contributed by atoms with Gasteiger partial charge in [0.2, 0.25) is 0 Å². The van der Waals surface area contributed by atoms with Gasteiger partial charge in [-0.1, -0.05) is 6.58 Å². The summed E-state index contributed by atoms with van der Waals surface area (Å²) in [4.78, 5) is 13.4. The van der Waals surface area contributed by atoms with Crippen LogP contribution in [0.2, 0.25) is 0 Å². The predicted molar refractivity (Wildman–Crippen MR) is 64.5 cm³/mol. The van der Waals surface area contributed by atoms with Gasteiger partial charge in [-0.25, -0.2) is 4.39 Å². The topological polar surface area (TPSA) is 49.8 Å². The van der Waals surface area contributed by atoms with Crippen LogP contribution < -0.4 is 4.90 Å². The van der Waals surface area contributed by atoms with E-state index in [9.17, 15) is 14.3 Å². The first-order valence-electron chi connectivity index (χ1n) is 5.42. The molecule has 1 atom stereocenters. The van der Waals surface area contributed by atoms with E-state index in [1.54, 1.807) is 0 Å². The number of methoxy groups -OCH3 is 1. The molecule has 1 amide bonds. The van der Waals surface area contributed by atoms with Crippen molar-refractivity contribution in [3.05, 3.63) is 41.9 Å². The van der Waals surface area contributed by atoms with Crippen molar-refractivity contribution in [2.45, 2.75) is 12.0 Å². The number of carbonyl (C=O) groups excluding carboxylic acids is 1. The van der Waals surface area contributed by atoms with Gasteiger partial charge in [0.05, 0.1) is 18.6 Å². The Bertz CT molecular complexity index is 529. The zero-order valence-electron chi connectivity index (χ0n) is 10.2. The van der Waals surface area contributed by atoms with Crippen molar-refractivity contribution in [2.75, 3.05) is 19.1 Å².